The monoisotopic (exact) mass is 319 g/mol. The van der Waals surface area contributed by atoms with Crippen molar-refractivity contribution in [3.05, 3.63) is 23.8 Å². The number of hydrogen-bond donors (Lipinski definition) is 3. The van der Waals surface area contributed by atoms with Crippen LogP contribution in [0.5, 0.6) is 0 Å². The summed E-state index contributed by atoms with van der Waals surface area (Å²) in [5.41, 5.74) is 13.7. The molecule has 0 heterocycles. The number of anilines is 2. The van der Waals surface area contributed by atoms with Gasteiger partial charge < -0.3 is 21.5 Å². The van der Waals surface area contributed by atoms with Crippen LogP contribution in [0.25, 0.3) is 0 Å². The highest BCUT2D eigenvalue weighted by atomic mass is 16.6. The average molecular weight is 319 g/mol. The van der Waals surface area contributed by atoms with E-state index in [4.69, 9.17) is 16.2 Å². The molecule has 0 spiro atoms. The van der Waals surface area contributed by atoms with Crippen molar-refractivity contribution in [2.24, 2.45) is 11.7 Å². The first kappa shape index (κ1) is 17.4. The first-order valence-electron chi connectivity index (χ1n) is 8.36. The highest BCUT2D eigenvalue weighted by Crippen LogP contribution is 2.34. The molecule has 0 aliphatic heterocycles. The molecular formula is C18H29N3O2. The van der Waals surface area contributed by atoms with E-state index >= 15 is 0 Å². The van der Waals surface area contributed by atoms with Gasteiger partial charge in [0.05, 0.1) is 11.4 Å². The maximum atomic E-state index is 10.9. The molecule has 128 valence electrons. The lowest BCUT2D eigenvalue weighted by Crippen LogP contribution is -2.35. The van der Waals surface area contributed by atoms with E-state index in [1.807, 2.05) is 26.8 Å². The minimum atomic E-state index is -0.694. The quantitative estimate of drug-likeness (QED) is 0.720. The van der Waals surface area contributed by atoms with Gasteiger partial charge in [-0.15, -0.1) is 0 Å². The van der Waals surface area contributed by atoms with E-state index in [9.17, 15) is 4.79 Å². The average Bonchev–Trinajstić information content (AvgIpc) is 2.42. The number of nitrogens with two attached hydrogens (primary N) is 2. The summed E-state index contributed by atoms with van der Waals surface area (Å²) in [6, 6.07) is 6.59. The zero-order valence-electron chi connectivity index (χ0n) is 14.4. The summed E-state index contributed by atoms with van der Waals surface area (Å²) in [6.45, 7) is 5.89. The van der Waals surface area contributed by atoms with Gasteiger partial charge in [0, 0.05) is 6.04 Å². The standard InChI is InChI=1S/C18H29N3O2/c1-12-4-9-16(15(19)10-12)21-14-7-5-13(6-8-14)11-18(2,3)23-17(20)22/h4,9-10,13-14,21H,5-8,11,19H2,1-3H3,(H2,20,22)/t13-,14+. The number of rotatable bonds is 5. The molecule has 1 fully saturated rings. The third kappa shape index (κ3) is 5.34. The topological polar surface area (TPSA) is 90.4 Å². The Bertz CT molecular complexity index is 549. The molecule has 1 aliphatic carbocycles. The summed E-state index contributed by atoms with van der Waals surface area (Å²) in [4.78, 5) is 10.9. The number of nitrogens with one attached hydrogen (secondary N) is 1. The Hall–Kier alpha value is -1.91. The van der Waals surface area contributed by atoms with Crippen LogP contribution in [0.3, 0.4) is 0 Å². The smallest absolute Gasteiger partial charge is 0.405 e. The van der Waals surface area contributed by atoms with Gasteiger partial charge in [-0.3, -0.25) is 0 Å². The molecule has 1 amide bonds. The fourth-order valence-corrected chi connectivity index (χ4v) is 3.55. The van der Waals surface area contributed by atoms with Crippen LogP contribution in [0.15, 0.2) is 18.2 Å². The Morgan fingerprint density at radius 2 is 1.96 bits per heavy atom. The summed E-state index contributed by atoms with van der Waals surface area (Å²) in [5, 5.41) is 3.56. The van der Waals surface area contributed by atoms with E-state index in [0.717, 1.165) is 43.5 Å². The molecule has 0 saturated heterocycles. The van der Waals surface area contributed by atoms with Crippen molar-refractivity contribution >= 4 is 17.5 Å². The number of aryl methyl sites for hydroxylation is 1. The van der Waals surface area contributed by atoms with Crippen molar-refractivity contribution in [1.29, 1.82) is 0 Å². The van der Waals surface area contributed by atoms with Crippen LogP contribution in [0.4, 0.5) is 16.2 Å². The Balaban J connectivity index is 1.83. The van der Waals surface area contributed by atoms with E-state index in [1.54, 1.807) is 0 Å². The van der Waals surface area contributed by atoms with Crippen LogP contribution < -0.4 is 16.8 Å². The molecule has 0 bridgehead atoms. The highest BCUT2D eigenvalue weighted by Gasteiger charge is 2.29. The molecule has 2 rings (SSSR count). The number of nitrogen functional groups attached to an aromatic ring is 1. The Kier molecular flexibility index (Phi) is 5.39. The maximum Gasteiger partial charge on any atom is 0.405 e. The van der Waals surface area contributed by atoms with Crippen molar-refractivity contribution in [3.63, 3.8) is 0 Å². The minimum Gasteiger partial charge on any atom is -0.444 e. The SMILES string of the molecule is Cc1ccc(N[C@H]2CC[C@@H](CC(C)(C)OC(N)=O)CC2)c(N)c1. The van der Waals surface area contributed by atoms with Gasteiger partial charge in [0.15, 0.2) is 0 Å². The van der Waals surface area contributed by atoms with Crippen molar-refractivity contribution in [2.75, 3.05) is 11.1 Å². The predicted octanol–water partition coefficient (Wildman–Crippen LogP) is 3.81. The van der Waals surface area contributed by atoms with E-state index in [1.165, 1.54) is 5.56 Å². The predicted molar refractivity (Wildman–Crippen MR) is 94.3 cm³/mol. The summed E-state index contributed by atoms with van der Waals surface area (Å²) < 4.78 is 5.20. The van der Waals surface area contributed by atoms with Gasteiger partial charge in [0.2, 0.25) is 0 Å². The number of benzene rings is 1. The summed E-state index contributed by atoms with van der Waals surface area (Å²) in [5.74, 6) is 0.567. The van der Waals surface area contributed by atoms with Gasteiger partial charge >= 0.3 is 6.09 Å². The lowest BCUT2D eigenvalue weighted by Gasteiger charge is -2.34. The van der Waals surface area contributed by atoms with Gasteiger partial charge in [-0.05, 0) is 76.5 Å². The van der Waals surface area contributed by atoms with Crippen LogP contribution in [0.1, 0.15) is 51.5 Å². The number of ether oxygens (including phenoxy) is 1. The third-order valence-corrected chi connectivity index (χ3v) is 4.57. The molecule has 0 atom stereocenters. The first-order chi connectivity index (χ1) is 10.7. The van der Waals surface area contributed by atoms with Gasteiger partial charge in [-0.1, -0.05) is 6.07 Å². The van der Waals surface area contributed by atoms with Crippen molar-refractivity contribution in [3.8, 4) is 0 Å². The molecule has 1 aliphatic rings. The zero-order valence-corrected chi connectivity index (χ0v) is 14.4. The van der Waals surface area contributed by atoms with Gasteiger partial charge in [-0.25, -0.2) is 4.79 Å². The normalized spacial score (nSPS) is 21.7. The van der Waals surface area contributed by atoms with Crippen LogP contribution in [-0.2, 0) is 4.74 Å². The third-order valence-electron chi connectivity index (χ3n) is 4.57. The van der Waals surface area contributed by atoms with Gasteiger partial charge in [0.25, 0.3) is 0 Å². The fourth-order valence-electron chi connectivity index (χ4n) is 3.55. The van der Waals surface area contributed by atoms with Crippen LogP contribution >= 0.6 is 0 Å². The molecule has 0 unspecified atom stereocenters. The molecule has 1 aromatic carbocycles. The van der Waals surface area contributed by atoms with Crippen molar-refractivity contribution in [2.45, 2.75) is 64.5 Å². The Morgan fingerprint density at radius 3 is 2.52 bits per heavy atom. The molecule has 0 radical (unpaired) electrons. The molecule has 1 saturated carbocycles. The van der Waals surface area contributed by atoms with E-state index in [2.05, 4.69) is 17.4 Å². The largest absolute Gasteiger partial charge is 0.444 e. The van der Waals surface area contributed by atoms with E-state index in [0.29, 0.717) is 12.0 Å². The minimum absolute atomic E-state index is 0.455. The van der Waals surface area contributed by atoms with E-state index in [-0.39, 0.29) is 0 Å². The van der Waals surface area contributed by atoms with Crippen molar-refractivity contribution < 1.29 is 9.53 Å². The second-order valence-corrected chi connectivity index (χ2v) is 7.34. The molecule has 1 aromatic rings. The molecule has 5 N–H and O–H groups in total. The maximum absolute atomic E-state index is 10.9. The number of carbonyl (C=O) groups is 1. The second-order valence-electron chi connectivity index (χ2n) is 7.34. The van der Waals surface area contributed by atoms with Gasteiger partial charge in [0.1, 0.15) is 5.60 Å². The Labute approximate surface area is 138 Å². The second kappa shape index (κ2) is 7.11. The highest BCUT2D eigenvalue weighted by molar-refractivity contribution is 5.67. The molecule has 5 heteroatoms. The number of carbonyl (C=O) groups excluding carboxylic acids is 1. The number of amides is 1. The summed E-state index contributed by atoms with van der Waals surface area (Å²) in [7, 11) is 0. The molecule has 23 heavy (non-hydrogen) atoms. The zero-order chi connectivity index (χ0) is 17.0. The van der Waals surface area contributed by atoms with Crippen LogP contribution in [0, 0.1) is 12.8 Å². The van der Waals surface area contributed by atoms with Crippen molar-refractivity contribution in [1.82, 2.24) is 0 Å². The molecular weight excluding hydrogens is 290 g/mol. The van der Waals surface area contributed by atoms with Crippen LogP contribution in [-0.4, -0.2) is 17.7 Å². The lowest BCUT2D eigenvalue weighted by molar-refractivity contribution is 0.0216. The summed E-state index contributed by atoms with van der Waals surface area (Å²) >= 11 is 0. The fraction of sp³-hybridized carbons (Fsp3) is 0.611. The Morgan fingerprint density at radius 1 is 1.30 bits per heavy atom. The summed E-state index contributed by atoms with van der Waals surface area (Å²) in [6.07, 6.45) is 4.61. The number of primary amides is 1. The van der Waals surface area contributed by atoms with E-state index < -0.39 is 11.7 Å². The lowest BCUT2D eigenvalue weighted by atomic mass is 9.80. The van der Waals surface area contributed by atoms with Gasteiger partial charge in [-0.2, -0.15) is 0 Å². The molecule has 5 nitrogen and oxygen atoms in total. The first-order valence-corrected chi connectivity index (χ1v) is 8.36. The molecule has 0 aromatic heterocycles. The van der Waals surface area contributed by atoms with Crippen LogP contribution in [0.2, 0.25) is 0 Å². The number of hydrogen-bond acceptors (Lipinski definition) is 4.